The van der Waals surface area contributed by atoms with Crippen LogP contribution in [0.1, 0.15) is 89.5 Å². The third-order valence-corrected chi connectivity index (χ3v) is 10.4. The maximum absolute atomic E-state index is 12.5. The molecule has 0 amide bonds. The highest BCUT2D eigenvalue weighted by Crippen LogP contribution is 2.63. The van der Waals surface area contributed by atoms with Crippen molar-refractivity contribution in [3.63, 3.8) is 0 Å². The number of fused-ring (bicyclic) bond motifs is 4. The van der Waals surface area contributed by atoms with Crippen molar-refractivity contribution in [2.45, 2.75) is 84.0 Å². The topological polar surface area (TPSA) is 52.9 Å². The summed E-state index contributed by atoms with van der Waals surface area (Å²) >= 11 is 0. The molecule has 1 heterocycles. The first-order valence-corrected chi connectivity index (χ1v) is 14.0. The molecule has 1 aromatic rings. The van der Waals surface area contributed by atoms with Crippen molar-refractivity contribution in [2.24, 2.45) is 28.3 Å². The van der Waals surface area contributed by atoms with Crippen molar-refractivity contribution >= 4 is 17.2 Å². The first-order valence-electron chi connectivity index (χ1n) is 14.0. The molecule has 1 N–H and O–H groups in total. The lowest BCUT2D eigenvalue weighted by Gasteiger charge is -2.50. The van der Waals surface area contributed by atoms with Crippen LogP contribution in [-0.2, 0) is 4.79 Å². The molecular weight excluding hydrogens is 432 g/mol. The van der Waals surface area contributed by atoms with E-state index in [4.69, 9.17) is 0 Å². The second-order valence-corrected chi connectivity index (χ2v) is 12.1. The van der Waals surface area contributed by atoms with Crippen LogP contribution in [0.25, 0.3) is 0 Å². The number of piperidine rings is 1. The molecule has 4 heteroatoms. The number of ketones is 1. The smallest absolute Gasteiger partial charge is 0.133 e. The highest BCUT2D eigenvalue weighted by Gasteiger charge is 2.55. The van der Waals surface area contributed by atoms with Gasteiger partial charge in [0.2, 0.25) is 0 Å². The van der Waals surface area contributed by atoms with Crippen LogP contribution < -0.4 is 4.90 Å². The van der Waals surface area contributed by atoms with E-state index in [1.165, 1.54) is 48.9 Å². The van der Waals surface area contributed by atoms with E-state index < -0.39 is 0 Å². The Labute approximate surface area is 210 Å². The number of hydrogen-bond acceptors (Lipinski definition) is 4. The van der Waals surface area contributed by atoms with Gasteiger partial charge in [-0.15, -0.1) is 0 Å². The summed E-state index contributed by atoms with van der Waals surface area (Å²) in [5.74, 6) is 2.14. The molecule has 1 aliphatic heterocycles. The number of carbonyl (C=O) groups is 1. The Morgan fingerprint density at radius 2 is 1.83 bits per heavy atom. The normalized spacial score (nSPS) is 35.9. The van der Waals surface area contributed by atoms with Crippen LogP contribution in [0.2, 0.25) is 0 Å². The molecule has 35 heavy (non-hydrogen) atoms. The van der Waals surface area contributed by atoms with Crippen molar-refractivity contribution in [3.8, 4) is 0 Å². The van der Waals surface area contributed by atoms with Gasteiger partial charge in [0.25, 0.3) is 0 Å². The number of oxime groups is 1. The van der Waals surface area contributed by atoms with E-state index in [1.807, 2.05) is 6.92 Å². The molecule has 5 atom stereocenters. The molecule has 4 aliphatic carbocycles. The number of hydrogen-bond donors (Lipinski definition) is 1. The molecule has 0 bridgehead atoms. The van der Waals surface area contributed by atoms with Crippen LogP contribution in [0.5, 0.6) is 0 Å². The molecule has 0 unspecified atom stereocenters. The van der Waals surface area contributed by atoms with E-state index in [1.54, 1.807) is 11.1 Å². The molecule has 0 spiro atoms. The average Bonchev–Trinajstić information content (AvgIpc) is 3.26. The molecule has 4 nitrogen and oxygen atoms in total. The Hall–Kier alpha value is -2.36. The van der Waals surface area contributed by atoms with Crippen molar-refractivity contribution in [1.82, 2.24) is 0 Å². The Morgan fingerprint density at radius 3 is 2.54 bits per heavy atom. The minimum atomic E-state index is 0.166. The zero-order chi connectivity index (χ0) is 24.2. The molecule has 2 saturated carbocycles. The molecule has 1 aromatic carbocycles. The van der Waals surface area contributed by atoms with Gasteiger partial charge in [-0.2, -0.15) is 0 Å². The third kappa shape index (κ3) is 3.79. The lowest BCUT2D eigenvalue weighted by atomic mass is 9.54. The van der Waals surface area contributed by atoms with Crippen molar-refractivity contribution in [2.75, 3.05) is 18.0 Å². The Balaban J connectivity index is 1.37. The largest absolute Gasteiger partial charge is 0.411 e. The van der Waals surface area contributed by atoms with E-state index in [-0.39, 0.29) is 17.3 Å². The summed E-state index contributed by atoms with van der Waals surface area (Å²) in [6, 6.07) is 9.29. The molecule has 0 aromatic heterocycles. The van der Waals surface area contributed by atoms with Gasteiger partial charge in [-0.25, -0.2) is 0 Å². The van der Waals surface area contributed by atoms with Crippen LogP contribution in [-0.4, -0.2) is 29.8 Å². The molecule has 5 aliphatic rings. The Kier molecular flexibility index (Phi) is 5.89. The van der Waals surface area contributed by atoms with Gasteiger partial charge in [-0.3, -0.25) is 4.79 Å². The van der Waals surface area contributed by atoms with E-state index in [9.17, 15) is 10.0 Å². The van der Waals surface area contributed by atoms with Gasteiger partial charge in [0, 0.05) is 37.0 Å². The minimum absolute atomic E-state index is 0.166. The molecule has 3 fully saturated rings. The van der Waals surface area contributed by atoms with Gasteiger partial charge < -0.3 is 10.1 Å². The van der Waals surface area contributed by atoms with E-state index in [2.05, 4.69) is 47.3 Å². The summed E-state index contributed by atoms with van der Waals surface area (Å²) < 4.78 is 0. The fourth-order valence-corrected chi connectivity index (χ4v) is 8.74. The standard InChI is InChI=1S/C31H40N2O2/c1-20(34)28-12-13-29-25-11-8-22-18-23(32-35)19-27(30(22)26(25)14-15-31(28,29)2)21-6-9-24(10-7-21)33-16-4-3-5-17-33/h6-7,9-10,18,25,27-29,35H,3-5,8,11-17,19H2,1-2H3/t25-,27+,28-,29+,31-/m1/s1. The second-order valence-electron chi connectivity index (χ2n) is 12.1. The van der Waals surface area contributed by atoms with Crippen LogP contribution in [0, 0.1) is 23.2 Å². The monoisotopic (exact) mass is 472 g/mol. The quantitative estimate of drug-likeness (QED) is 0.379. The lowest BCUT2D eigenvalue weighted by molar-refractivity contribution is -0.125. The van der Waals surface area contributed by atoms with Gasteiger partial charge in [-0.1, -0.05) is 29.8 Å². The fraction of sp³-hybridized carbons (Fsp3) is 0.613. The summed E-state index contributed by atoms with van der Waals surface area (Å²) in [5.41, 5.74) is 8.27. The Morgan fingerprint density at radius 1 is 1.06 bits per heavy atom. The Bertz CT molecular complexity index is 1090. The van der Waals surface area contributed by atoms with Gasteiger partial charge in [0.15, 0.2) is 0 Å². The summed E-state index contributed by atoms with van der Waals surface area (Å²) in [7, 11) is 0. The number of rotatable bonds is 3. The number of Topliss-reactive ketones (excluding diaryl/α,β-unsaturated/α-hetero) is 1. The van der Waals surface area contributed by atoms with E-state index in [0.717, 1.165) is 50.9 Å². The molecule has 1 saturated heterocycles. The van der Waals surface area contributed by atoms with Gasteiger partial charge >= 0.3 is 0 Å². The molecule has 6 rings (SSSR count). The van der Waals surface area contributed by atoms with Gasteiger partial charge in [0.05, 0.1) is 5.71 Å². The van der Waals surface area contributed by atoms with Crippen molar-refractivity contribution in [1.29, 1.82) is 0 Å². The minimum Gasteiger partial charge on any atom is -0.411 e. The highest BCUT2D eigenvalue weighted by molar-refractivity contribution is 5.98. The maximum atomic E-state index is 12.5. The predicted octanol–water partition coefficient (Wildman–Crippen LogP) is 7.04. The number of allylic oxidation sites excluding steroid dienone is 4. The number of anilines is 1. The van der Waals surface area contributed by atoms with E-state index in [0.29, 0.717) is 17.6 Å². The van der Waals surface area contributed by atoms with Crippen molar-refractivity contribution < 1.29 is 10.0 Å². The highest BCUT2D eigenvalue weighted by atomic mass is 16.4. The number of nitrogens with zero attached hydrogens (tertiary/aromatic N) is 2. The van der Waals surface area contributed by atoms with Crippen LogP contribution in [0.4, 0.5) is 5.69 Å². The van der Waals surface area contributed by atoms with Gasteiger partial charge in [-0.05, 0) is 117 Å². The fourth-order valence-electron chi connectivity index (χ4n) is 8.74. The molecule has 0 radical (unpaired) electrons. The molecule has 186 valence electrons. The summed E-state index contributed by atoms with van der Waals surface area (Å²) in [4.78, 5) is 15.0. The SMILES string of the molecule is CC(=O)[C@H]1CC[C@H]2[C@@H]3CCC4=CC(=NO)C[C@@H](c5ccc(N6CCCCC6)cc5)C4=C3CC[C@]12C. The number of carbonyl (C=O) groups excluding carboxylic acids is 1. The second kappa shape index (κ2) is 8.94. The first-order chi connectivity index (χ1) is 17.0. The van der Waals surface area contributed by atoms with Crippen LogP contribution >= 0.6 is 0 Å². The van der Waals surface area contributed by atoms with Gasteiger partial charge in [0.1, 0.15) is 5.78 Å². The summed E-state index contributed by atoms with van der Waals surface area (Å²) in [6.45, 7) is 6.55. The number of benzene rings is 1. The summed E-state index contributed by atoms with van der Waals surface area (Å²) in [5, 5.41) is 13.4. The summed E-state index contributed by atoms with van der Waals surface area (Å²) in [6.07, 6.45) is 13.6. The predicted molar refractivity (Wildman–Crippen MR) is 141 cm³/mol. The molecular formula is C31H40N2O2. The lowest BCUT2D eigenvalue weighted by Crippen LogP contribution is -2.42. The maximum Gasteiger partial charge on any atom is 0.133 e. The third-order valence-electron chi connectivity index (χ3n) is 10.4. The first kappa shape index (κ1) is 23.1. The van der Waals surface area contributed by atoms with Crippen molar-refractivity contribution in [3.05, 3.63) is 52.6 Å². The average molecular weight is 473 g/mol. The van der Waals surface area contributed by atoms with E-state index >= 15 is 0 Å². The zero-order valence-corrected chi connectivity index (χ0v) is 21.4. The zero-order valence-electron chi connectivity index (χ0n) is 21.4. The van der Waals surface area contributed by atoms with Crippen LogP contribution in [0.3, 0.4) is 0 Å². The van der Waals surface area contributed by atoms with Crippen LogP contribution in [0.15, 0.2) is 52.2 Å².